The van der Waals surface area contributed by atoms with Gasteiger partial charge in [0.25, 0.3) is 0 Å². The first kappa shape index (κ1) is 24.0. The lowest BCUT2D eigenvalue weighted by molar-refractivity contribution is -0.00000737. The fraction of sp³-hybridized carbons (Fsp3) is 0.0323. The maximum atomic E-state index is 9.81. The van der Waals surface area contributed by atoms with E-state index in [1.807, 2.05) is 12.1 Å². The third-order valence-electron chi connectivity index (χ3n) is 6.19. The molecule has 0 aliphatic heterocycles. The summed E-state index contributed by atoms with van der Waals surface area (Å²) in [7, 11) is -1.98. The van der Waals surface area contributed by atoms with E-state index in [4.69, 9.17) is 0 Å². The first-order chi connectivity index (χ1) is 16.3. The van der Waals surface area contributed by atoms with Gasteiger partial charge in [-0.05, 0) is 65.2 Å². The molecule has 34 heavy (non-hydrogen) atoms. The zero-order valence-corrected chi connectivity index (χ0v) is 21.2. The van der Waals surface area contributed by atoms with Gasteiger partial charge < -0.3 is 22.1 Å². The first-order valence-electron chi connectivity index (χ1n) is 11.2. The van der Waals surface area contributed by atoms with Gasteiger partial charge in [0.1, 0.15) is 28.9 Å². The summed E-state index contributed by atoms with van der Waals surface area (Å²) in [4.78, 5) is 0. The highest BCUT2D eigenvalue weighted by molar-refractivity contribution is 7.95. The summed E-state index contributed by atoms with van der Waals surface area (Å²) in [6, 6.07) is 49.2. The van der Waals surface area contributed by atoms with Crippen molar-refractivity contribution in [2.24, 2.45) is 0 Å². The number of aromatic hydroxyl groups is 1. The molecule has 1 nitrogen and oxygen atoms in total. The lowest BCUT2D eigenvalue weighted by atomic mass is 10.0. The van der Waals surface area contributed by atoms with Crippen molar-refractivity contribution in [3.63, 3.8) is 0 Å². The van der Waals surface area contributed by atoms with Crippen LogP contribution in [-0.2, 0) is 6.16 Å². The molecular weight excluding hydrogens is 499 g/mol. The molecule has 0 radical (unpaired) electrons. The smallest absolute Gasteiger partial charge is 0.116 e. The molecule has 0 spiro atoms. The Morgan fingerprint density at radius 1 is 0.471 bits per heavy atom. The van der Waals surface area contributed by atoms with Crippen LogP contribution in [0.25, 0.3) is 11.1 Å². The first-order valence-corrected chi connectivity index (χ1v) is 13.2. The topological polar surface area (TPSA) is 20.2 Å². The Labute approximate surface area is 212 Å². The Hall–Kier alpha value is -3.19. The Morgan fingerprint density at radius 2 is 0.882 bits per heavy atom. The minimum absolute atomic E-state index is 0. The van der Waals surface area contributed by atoms with Crippen LogP contribution in [0.3, 0.4) is 0 Å². The number of halogens is 1. The average molecular weight is 525 g/mol. The summed E-state index contributed by atoms with van der Waals surface area (Å²) >= 11 is 0. The number of rotatable bonds is 6. The van der Waals surface area contributed by atoms with Crippen LogP contribution in [0.5, 0.6) is 5.75 Å². The summed E-state index contributed by atoms with van der Waals surface area (Å²) in [6.45, 7) is 0. The molecule has 0 fully saturated rings. The largest absolute Gasteiger partial charge is 1.00 e. The van der Waals surface area contributed by atoms with E-state index in [0.717, 1.165) is 11.7 Å². The van der Waals surface area contributed by atoms with Crippen LogP contribution in [-0.4, -0.2) is 5.11 Å². The molecule has 3 heteroatoms. The van der Waals surface area contributed by atoms with Crippen LogP contribution in [0, 0.1) is 0 Å². The van der Waals surface area contributed by atoms with Crippen molar-refractivity contribution < 1.29 is 22.1 Å². The second-order valence-electron chi connectivity index (χ2n) is 8.18. The summed E-state index contributed by atoms with van der Waals surface area (Å²) in [6.07, 6.45) is 0.919. The van der Waals surface area contributed by atoms with Crippen LogP contribution in [0.1, 0.15) is 5.56 Å². The Bertz CT molecular complexity index is 1220. The van der Waals surface area contributed by atoms with E-state index in [9.17, 15) is 5.11 Å². The maximum absolute atomic E-state index is 9.81. The van der Waals surface area contributed by atoms with Crippen LogP contribution < -0.4 is 32.9 Å². The van der Waals surface area contributed by atoms with Gasteiger partial charge in [0.05, 0.1) is 6.16 Å². The Balaban J connectivity index is 0.00000274. The normalized spacial score (nSPS) is 10.9. The molecule has 0 unspecified atom stereocenters. The molecule has 0 aliphatic carbocycles. The van der Waals surface area contributed by atoms with Crippen molar-refractivity contribution in [3.05, 3.63) is 145 Å². The van der Waals surface area contributed by atoms with Crippen molar-refractivity contribution in [3.8, 4) is 16.9 Å². The number of phenolic OH excluding ortho intramolecular Hbond substituents is 1. The number of benzene rings is 5. The zero-order chi connectivity index (χ0) is 22.5. The van der Waals surface area contributed by atoms with Crippen molar-refractivity contribution >= 4 is 23.2 Å². The fourth-order valence-corrected chi connectivity index (χ4v) is 8.88. The van der Waals surface area contributed by atoms with Crippen molar-refractivity contribution in [1.29, 1.82) is 0 Å². The molecule has 5 aromatic rings. The maximum Gasteiger partial charge on any atom is 0.116 e. The van der Waals surface area contributed by atoms with Crippen LogP contribution in [0.4, 0.5) is 0 Å². The predicted molar refractivity (Wildman–Crippen MR) is 142 cm³/mol. The van der Waals surface area contributed by atoms with Gasteiger partial charge in [-0.1, -0.05) is 91.0 Å². The second kappa shape index (κ2) is 10.8. The van der Waals surface area contributed by atoms with Crippen molar-refractivity contribution in [2.45, 2.75) is 6.16 Å². The highest BCUT2D eigenvalue weighted by Crippen LogP contribution is 2.58. The molecule has 0 saturated carbocycles. The summed E-state index contributed by atoms with van der Waals surface area (Å²) in [5, 5.41) is 13.9. The van der Waals surface area contributed by atoms with E-state index in [1.165, 1.54) is 27.0 Å². The van der Waals surface area contributed by atoms with Crippen LogP contribution in [0.2, 0.25) is 0 Å². The van der Waals surface area contributed by atoms with Crippen LogP contribution in [0.15, 0.2) is 140 Å². The minimum Gasteiger partial charge on any atom is -1.00 e. The summed E-state index contributed by atoms with van der Waals surface area (Å²) in [5.41, 5.74) is 3.65. The van der Waals surface area contributed by atoms with Crippen molar-refractivity contribution in [2.75, 3.05) is 0 Å². The van der Waals surface area contributed by atoms with Gasteiger partial charge >= 0.3 is 0 Å². The second-order valence-corrected chi connectivity index (χ2v) is 11.7. The van der Waals surface area contributed by atoms with E-state index >= 15 is 0 Å². The molecule has 0 amide bonds. The molecular formula is C31H26BrOP. The molecule has 0 aromatic heterocycles. The van der Waals surface area contributed by atoms with E-state index in [0.29, 0.717) is 0 Å². The van der Waals surface area contributed by atoms with E-state index < -0.39 is 7.26 Å². The lowest BCUT2D eigenvalue weighted by Crippen LogP contribution is -3.00. The average Bonchev–Trinajstić information content (AvgIpc) is 2.90. The molecule has 0 bridgehead atoms. The number of hydrogen-bond donors (Lipinski definition) is 1. The van der Waals surface area contributed by atoms with Gasteiger partial charge in [-0.3, -0.25) is 0 Å². The summed E-state index contributed by atoms with van der Waals surface area (Å²) < 4.78 is 0. The highest BCUT2D eigenvalue weighted by atomic mass is 79.9. The van der Waals surface area contributed by atoms with Gasteiger partial charge in [0.2, 0.25) is 0 Å². The lowest BCUT2D eigenvalue weighted by Gasteiger charge is -2.28. The van der Waals surface area contributed by atoms with Gasteiger partial charge in [0, 0.05) is 0 Å². The highest BCUT2D eigenvalue weighted by Gasteiger charge is 2.45. The van der Waals surface area contributed by atoms with E-state index in [2.05, 4.69) is 115 Å². The van der Waals surface area contributed by atoms with Gasteiger partial charge in [-0.25, -0.2) is 0 Å². The Morgan fingerprint density at radius 3 is 1.35 bits per heavy atom. The predicted octanol–water partition coefficient (Wildman–Crippen LogP) is 3.56. The molecule has 5 aromatic carbocycles. The quantitative estimate of drug-likeness (QED) is 0.337. The van der Waals surface area contributed by atoms with Gasteiger partial charge in [-0.2, -0.15) is 0 Å². The van der Waals surface area contributed by atoms with Gasteiger partial charge in [-0.15, -0.1) is 0 Å². The number of hydrogen-bond acceptors (Lipinski definition) is 1. The molecule has 0 heterocycles. The van der Waals surface area contributed by atoms with E-state index in [1.54, 1.807) is 12.1 Å². The number of phenols is 1. The molecule has 168 valence electrons. The SMILES string of the molecule is Oc1ccc(-c2ccccc2C[P+](c2ccccc2)(c2ccccc2)c2ccccc2)cc1.[Br-]. The monoisotopic (exact) mass is 524 g/mol. The Kier molecular flexibility index (Phi) is 7.63. The fourth-order valence-electron chi connectivity index (χ4n) is 4.60. The molecule has 0 aliphatic rings. The standard InChI is InChI=1S/C31H25OP.BrH/c32-27-22-20-25(21-23-27)31-19-11-10-12-26(31)24-33(28-13-4-1-5-14-28,29-15-6-2-7-16-29)30-17-8-3-9-18-30;/h1-23H,24H2;1H. The molecule has 5 rings (SSSR count). The molecule has 0 saturated heterocycles. The van der Waals surface area contributed by atoms with E-state index in [-0.39, 0.29) is 22.7 Å². The third kappa shape index (κ3) is 4.71. The summed E-state index contributed by atoms with van der Waals surface area (Å²) in [5.74, 6) is 0.288. The van der Waals surface area contributed by atoms with Gasteiger partial charge in [0.15, 0.2) is 0 Å². The van der Waals surface area contributed by atoms with Crippen molar-refractivity contribution in [1.82, 2.24) is 0 Å². The zero-order valence-electron chi connectivity index (χ0n) is 18.8. The minimum atomic E-state index is -1.98. The molecule has 1 N–H and O–H groups in total. The third-order valence-corrected chi connectivity index (χ3v) is 10.5. The molecule has 0 atom stereocenters. The van der Waals surface area contributed by atoms with Crippen LogP contribution >= 0.6 is 7.26 Å².